The number of aromatic nitrogens is 3. The van der Waals surface area contributed by atoms with Crippen LogP contribution in [0, 0.1) is 5.41 Å². The van der Waals surface area contributed by atoms with E-state index in [2.05, 4.69) is 50.0 Å². The number of nitrogens with zero attached hydrogens (tertiary/aromatic N) is 4. The van der Waals surface area contributed by atoms with Gasteiger partial charge in [0.05, 0.1) is 6.54 Å². The molecule has 136 valence electrons. The van der Waals surface area contributed by atoms with Gasteiger partial charge in [0.25, 0.3) is 0 Å². The Labute approximate surface area is 156 Å². The number of hydrogen-bond acceptors (Lipinski definition) is 4. The van der Waals surface area contributed by atoms with Gasteiger partial charge in [-0.2, -0.15) is 0 Å². The van der Waals surface area contributed by atoms with Crippen LogP contribution in [0.15, 0.2) is 36.9 Å². The molecule has 25 heavy (non-hydrogen) atoms. The predicted octanol–water partition coefficient (Wildman–Crippen LogP) is 2.86. The average molecular weight is 362 g/mol. The normalized spacial score (nSPS) is 21.3. The topological polar surface area (TPSA) is 46.0 Å². The molecule has 1 atom stereocenters. The summed E-state index contributed by atoms with van der Waals surface area (Å²) in [6, 6.07) is 4.96. The second-order valence-corrected chi connectivity index (χ2v) is 7.22. The van der Waals surface area contributed by atoms with Crippen LogP contribution in [-0.2, 0) is 19.6 Å². The highest BCUT2D eigenvalue weighted by Gasteiger charge is 2.56. The summed E-state index contributed by atoms with van der Waals surface area (Å²) in [5, 5.41) is 3.51. The molecule has 6 heteroatoms. The summed E-state index contributed by atoms with van der Waals surface area (Å²) in [5.41, 5.74) is 1.89. The summed E-state index contributed by atoms with van der Waals surface area (Å²) in [7, 11) is 0. The van der Waals surface area contributed by atoms with E-state index in [4.69, 9.17) is 0 Å². The second kappa shape index (κ2) is 7.85. The Morgan fingerprint density at radius 2 is 1.96 bits per heavy atom. The van der Waals surface area contributed by atoms with Gasteiger partial charge in [0, 0.05) is 43.9 Å². The van der Waals surface area contributed by atoms with Crippen molar-refractivity contribution in [1.29, 1.82) is 0 Å². The van der Waals surface area contributed by atoms with Crippen LogP contribution < -0.4 is 5.32 Å². The Kier molecular flexibility index (Phi) is 5.77. The highest BCUT2D eigenvalue weighted by atomic mass is 35.5. The smallest absolute Gasteiger partial charge is 0.122 e. The van der Waals surface area contributed by atoms with Gasteiger partial charge in [-0.25, -0.2) is 4.98 Å². The predicted molar refractivity (Wildman–Crippen MR) is 102 cm³/mol. The maximum Gasteiger partial charge on any atom is 0.122 e. The van der Waals surface area contributed by atoms with E-state index >= 15 is 0 Å². The quantitative estimate of drug-likeness (QED) is 0.859. The van der Waals surface area contributed by atoms with E-state index in [0.717, 1.165) is 19.6 Å². The van der Waals surface area contributed by atoms with Gasteiger partial charge < -0.3 is 9.88 Å². The number of rotatable bonds is 6. The molecule has 2 aromatic heterocycles. The van der Waals surface area contributed by atoms with E-state index in [-0.39, 0.29) is 12.4 Å². The van der Waals surface area contributed by atoms with Crippen molar-refractivity contribution in [1.82, 2.24) is 24.8 Å². The fourth-order valence-corrected chi connectivity index (χ4v) is 4.26. The van der Waals surface area contributed by atoms with Crippen LogP contribution in [0.3, 0.4) is 0 Å². The van der Waals surface area contributed by atoms with Gasteiger partial charge in [-0.05, 0) is 62.4 Å². The van der Waals surface area contributed by atoms with Crippen molar-refractivity contribution < 1.29 is 0 Å². The van der Waals surface area contributed by atoms with Crippen LogP contribution in [0.4, 0.5) is 0 Å². The zero-order chi connectivity index (χ0) is 16.4. The minimum absolute atomic E-state index is 0. The Hall–Kier alpha value is -1.43. The van der Waals surface area contributed by atoms with Crippen LogP contribution in [0.5, 0.6) is 0 Å². The van der Waals surface area contributed by atoms with Crippen molar-refractivity contribution in [2.24, 2.45) is 5.41 Å². The van der Waals surface area contributed by atoms with Gasteiger partial charge in [0.1, 0.15) is 5.82 Å². The van der Waals surface area contributed by atoms with E-state index in [1.165, 1.54) is 43.7 Å². The average Bonchev–Trinajstić information content (AvgIpc) is 3.11. The molecule has 0 aromatic carbocycles. The molecule has 5 nitrogen and oxygen atoms in total. The van der Waals surface area contributed by atoms with Gasteiger partial charge in [0.2, 0.25) is 0 Å². The molecular weight excluding hydrogens is 334 g/mol. The SMILES string of the molecule is CCn1ccnc1CN(Cc1ccncc1)C1CC12CCNCC2.Cl. The van der Waals surface area contributed by atoms with Crippen molar-refractivity contribution in [2.45, 2.75) is 51.9 Å². The first-order chi connectivity index (χ1) is 11.8. The monoisotopic (exact) mass is 361 g/mol. The molecule has 0 radical (unpaired) electrons. The molecule has 0 amide bonds. The van der Waals surface area contributed by atoms with Gasteiger partial charge in [0.15, 0.2) is 0 Å². The van der Waals surface area contributed by atoms with Crippen molar-refractivity contribution in [2.75, 3.05) is 13.1 Å². The lowest BCUT2D eigenvalue weighted by molar-refractivity contribution is 0.182. The lowest BCUT2D eigenvalue weighted by Gasteiger charge is -2.29. The first kappa shape index (κ1) is 18.4. The summed E-state index contributed by atoms with van der Waals surface area (Å²) in [4.78, 5) is 11.4. The zero-order valence-corrected chi connectivity index (χ0v) is 15.7. The Morgan fingerprint density at radius 3 is 2.68 bits per heavy atom. The number of hydrogen-bond donors (Lipinski definition) is 1. The molecule has 1 unspecified atom stereocenters. The Balaban J connectivity index is 0.00000182. The molecule has 1 saturated heterocycles. The summed E-state index contributed by atoms with van der Waals surface area (Å²) in [6.07, 6.45) is 11.8. The van der Waals surface area contributed by atoms with Gasteiger partial charge in [-0.1, -0.05) is 0 Å². The highest BCUT2D eigenvalue weighted by molar-refractivity contribution is 5.85. The first-order valence-electron chi connectivity index (χ1n) is 9.14. The number of halogens is 1. The number of nitrogens with one attached hydrogen (secondary N) is 1. The number of piperidine rings is 1. The Bertz CT molecular complexity index is 665. The van der Waals surface area contributed by atoms with E-state index < -0.39 is 0 Å². The molecule has 1 aliphatic carbocycles. The summed E-state index contributed by atoms with van der Waals surface area (Å²) in [6.45, 7) is 7.43. The van der Waals surface area contributed by atoms with Crippen molar-refractivity contribution in [3.63, 3.8) is 0 Å². The van der Waals surface area contributed by atoms with Crippen molar-refractivity contribution in [3.05, 3.63) is 48.3 Å². The lowest BCUT2D eigenvalue weighted by atomic mass is 9.93. The van der Waals surface area contributed by atoms with Gasteiger partial charge >= 0.3 is 0 Å². The number of imidazole rings is 1. The van der Waals surface area contributed by atoms with Gasteiger partial charge in [-0.15, -0.1) is 12.4 Å². The largest absolute Gasteiger partial charge is 0.334 e. The number of aryl methyl sites for hydroxylation is 1. The molecular formula is C19H28ClN5. The van der Waals surface area contributed by atoms with E-state index in [1.54, 1.807) is 0 Å². The molecule has 2 aliphatic rings. The first-order valence-corrected chi connectivity index (χ1v) is 9.14. The molecule has 2 fully saturated rings. The fourth-order valence-electron chi connectivity index (χ4n) is 4.26. The highest BCUT2D eigenvalue weighted by Crippen LogP contribution is 2.56. The third-order valence-electron chi connectivity index (χ3n) is 5.81. The molecule has 4 rings (SSSR count). The van der Waals surface area contributed by atoms with Gasteiger partial charge in [-0.3, -0.25) is 9.88 Å². The standard InChI is InChI=1S/C19H27N5.ClH/c1-2-23-12-11-22-18(23)15-24(14-16-3-7-20-8-4-16)17-13-19(17)5-9-21-10-6-19;/h3-4,7-8,11-12,17,21H,2,5-6,9-10,13-15H2,1H3;1H. The molecule has 1 aliphatic heterocycles. The minimum Gasteiger partial charge on any atom is -0.334 e. The number of pyridine rings is 1. The summed E-state index contributed by atoms with van der Waals surface area (Å²) in [5.74, 6) is 1.18. The van der Waals surface area contributed by atoms with Crippen molar-refractivity contribution in [3.8, 4) is 0 Å². The van der Waals surface area contributed by atoms with Crippen LogP contribution in [0.1, 0.15) is 37.6 Å². The molecule has 0 bridgehead atoms. The van der Waals surface area contributed by atoms with E-state index in [9.17, 15) is 0 Å². The molecule has 2 aromatic rings. The Morgan fingerprint density at radius 1 is 1.20 bits per heavy atom. The van der Waals surface area contributed by atoms with E-state index in [0.29, 0.717) is 11.5 Å². The van der Waals surface area contributed by atoms with Crippen LogP contribution in [0.2, 0.25) is 0 Å². The molecule has 1 spiro atoms. The molecule has 1 saturated carbocycles. The summed E-state index contributed by atoms with van der Waals surface area (Å²) >= 11 is 0. The maximum absolute atomic E-state index is 4.61. The molecule has 1 N–H and O–H groups in total. The van der Waals surface area contributed by atoms with Crippen LogP contribution in [-0.4, -0.2) is 38.6 Å². The fraction of sp³-hybridized carbons (Fsp3) is 0.579. The van der Waals surface area contributed by atoms with Crippen LogP contribution >= 0.6 is 12.4 Å². The maximum atomic E-state index is 4.61. The van der Waals surface area contributed by atoms with E-state index in [1.807, 2.05) is 18.6 Å². The third kappa shape index (κ3) is 3.89. The van der Waals surface area contributed by atoms with Crippen LogP contribution in [0.25, 0.3) is 0 Å². The lowest BCUT2D eigenvalue weighted by Crippen LogP contribution is -2.36. The summed E-state index contributed by atoms with van der Waals surface area (Å²) < 4.78 is 2.26. The van der Waals surface area contributed by atoms with Crippen molar-refractivity contribution >= 4 is 12.4 Å². The second-order valence-electron chi connectivity index (χ2n) is 7.22. The minimum atomic E-state index is 0. The molecule has 3 heterocycles. The third-order valence-corrected chi connectivity index (χ3v) is 5.81. The zero-order valence-electron chi connectivity index (χ0n) is 14.9.